The minimum Gasteiger partial charge on any atom is -0.374 e. The van der Waals surface area contributed by atoms with Gasteiger partial charge in [0.25, 0.3) is 5.91 Å². The van der Waals surface area contributed by atoms with Crippen LogP contribution in [0.2, 0.25) is 10.0 Å². The molecule has 6 rings (SSSR count). The quantitative estimate of drug-likeness (QED) is 0.186. The van der Waals surface area contributed by atoms with Crippen LogP contribution < -0.4 is 20.9 Å². The largest absolute Gasteiger partial charge is 0.416 e. The van der Waals surface area contributed by atoms with E-state index in [2.05, 4.69) is 20.9 Å². The van der Waals surface area contributed by atoms with Gasteiger partial charge in [-0.15, -0.1) is 0 Å². The van der Waals surface area contributed by atoms with E-state index in [0.29, 0.717) is 57.2 Å². The Labute approximate surface area is 279 Å². The Bertz CT molecular complexity index is 1870. The average molecular weight is 690 g/mol. The smallest absolute Gasteiger partial charge is 0.374 e. The number of nitrogens with one attached hydrogen (secondary N) is 3. The topological polar surface area (TPSA) is 101 Å². The number of rotatable bonds is 7. The molecular formula is C33H33Cl2F3N6O3. The van der Waals surface area contributed by atoms with E-state index < -0.39 is 23.1 Å². The molecule has 2 saturated heterocycles. The van der Waals surface area contributed by atoms with Gasteiger partial charge in [0.1, 0.15) is 0 Å². The number of benzene rings is 3. The molecule has 0 spiro atoms. The van der Waals surface area contributed by atoms with Gasteiger partial charge >= 0.3 is 6.18 Å². The van der Waals surface area contributed by atoms with Crippen LogP contribution in [0.4, 0.5) is 36.2 Å². The number of fused-ring (bicyclic) bond motifs is 3. The number of halogens is 5. The first kappa shape index (κ1) is 32.9. The fourth-order valence-electron chi connectivity index (χ4n) is 5.79. The molecule has 1 aromatic heterocycles. The number of hydrogen-bond donors (Lipinski definition) is 3. The van der Waals surface area contributed by atoms with Gasteiger partial charge < -0.3 is 30.2 Å². The first-order valence-electron chi connectivity index (χ1n) is 15.0. The van der Waals surface area contributed by atoms with Crippen molar-refractivity contribution in [3.8, 4) is 0 Å². The number of alkyl halides is 3. The van der Waals surface area contributed by atoms with Crippen molar-refractivity contribution in [2.75, 3.05) is 28.7 Å². The second kappa shape index (κ2) is 12.2. The van der Waals surface area contributed by atoms with Gasteiger partial charge in [-0.3, -0.25) is 9.59 Å². The Balaban J connectivity index is 1.33. The van der Waals surface area contributed by atoms with Crippen LogP contribution in [0.15, 0.2) is 48.5 Å². The van der Waals surface area contributed by atoms with Gasteiger partial charge in [0.15, 0.2) is 0 Å². The molecule has 2 amide bonds. The minimum absolute atomic E-state index is 0.0510. The van der Waals surface area contributed by atoms with Crippen molar-refractivity contribution in [2.24, 2.45) is 12.5 Å². The third-order valence-electron chi connectivity index (χ3n) is 8.45. The Hall–Kier alpha value is -4.00. The van der Waals surface area contributed by atoms with E-state index >= 15 is 0 Å². The number of carbonyl (C=O) groups is 2. The molecule has 0 unspecified atom stereocenters. The SMILES string of the molecule is Cn1c(Nc2c(Cl)ccc(CNC(=O)C(C)(C)C)c2Cl)nc2cc(C(=O)Nc3ccc(C(F)(F)F)cc3)c(N3C[C@@H]4C[C@H]3CO4)cc21. The van der Waals surface area contributed by atoms with Crippen molar-refractivity contribution in [3.05, 3.63) is 75.3 Å². The van der Waals surface area contributed by atoms with E-state index in [-0.39, 0.29) is 30.3 Å². The summed E-state index contributed by atoms with van der Waals surface area (Å²) in [6.07, 6.45) is -3.60. The van der Waals surface area contributed by atoms with Crippen molar-refractivity contribution < 1.29 is 27.5 Å². The summed E-state index contributed by atoms with van der Waals surface area (Å²) in [6, 6.07) is 11.4. The predicted molar refractivity (Wildman–Crippen MR) is 177 cm³/mol. The van der Waals surface area contributed by atoms with Crippen LogP contribution in [-0.2, 0) is 29.3 Å². The number of imidazole rings is 1. The van der Waals surface area contributed by atoms with Crippen LogP contribution in [0.5, 0.6) is 0 Å². The van der Waals surface area contributed by atoms with Gasteiger partial charge in [0.05, 0.1) is 62.3 Å². The van der Waals surface area contributed by atoms with Crippen LogP contribution in [0.25, 0.3) is 11.0 Å². The number of aromatic nitrogens is 2. The number of aryl methyl sites for hydroxylation is 1. The van der Waals surface area contributed by atoms with Crippen molar-refractivity contribution in [1.29, 1.82) is 0 Å². The first-order valence-corrected chi connectivity index (χ1v) is 15.7. The molecule has 0 saturated carbocycles. The molecular weight excluding hydrogens is 656 g/mol. The minimum atomic E-state index is -4.49. The Kier molecular flexibility index (Phi) is 8.56. The summed E-state index contributed by atoms with van der Waals surface area (Å²) in [5, 5.41) is 9.53. The summed E-state index contributed by atoms with van der Waals surface area (Å²) in [6.45, 7) is 6.80. The van der Waals surface area contributed by atoms with Gasteiger partial charge in [-0.05, 0) is 54.4 Å². The van der Waals surface area contributed by atoms with Crippen LogP contribution in [0.3, 0.4) is 0 Å². The monoisotopic (exact) mass is 688 g/mol. The number of ether oxygens (including phenoxy) is 1. The molecule has 0 radical (unpaired) electrons. The van der Waals surface area contributed by atoms with Crippen LogP contribution in [0.1, 0.15) is 48.7 Å². The summed E-state index contributed by atoms with van der Waals surface area (Å²) in [4.78, 5) is 33.0. The summed E-state index contributed by atoms with van der Waals surface area (Å²) < 4.78 is 46.9. The normalized spacial score (nSPS) is 17.8. The zero-order valence-corrected chi connectivity index (χ0v) is 27.6. The van der Waals surface area contributed by atoms with Gasteiger partial charge in [0, 0.05) is 31.2 Å². The maximum Gasteiger partial charge on any atom is 0.416 e. The highest BCUT2D eigenvalue weighted by Crippen LogP contribution is 2.39. The lowest BCUT2D eigenvalue weighted by Gasteiger charge is -2.30. The molecule has 248 valence electrons. The molecule has 3 aromatic carbocycles. The number of hydrogen-bond acceptors (Lipinski definition) is 6. The summed E-state index contributed by atoms with van der Waals surface area (Å²) in [5.74, 6) is -0.209. The maximum atomic E-state index is 13.7. The van der Waals surface area contributed by atoms with Crippen LogP contribution >= 0.6 is 23.2 Å². The highest BCUT2D eigenvalue weighted by Gasteiger charge is 2.40. The second-order valence-electron chi connectivity index (χ2n) is 12.8. The molecule has 2 atom stereocenters. The van der Waals surface area contributed by atoms with E-state index in [1.54, 1.807) is 18.2 Å². The van der Waals surface area contributed by atoms with Crippen LogP contribution in [0, 0.1) is 5.41 Å². The third kappa shape index (κ3) is 6.59. The van der Waals surface area contributed by atoms with E-state index in [1.165, 1.54) is 12.1 Å². The van der Waals surface area contributed by atoms with E-state index in [0.717, 1.165) is 24.1 Å². The molecule has 3 N–H and O–H groups in total. The Morgan fingerprint density at radius 1 is 1.06 bits per heavy atom. The number of anilines is 4. The molecule has 2 fully saturated rings. The van der Waals surface area contributed by atoms with Gasteiger partial charge in [0.2, 0.25) is 11.9 Å². The van der Waals surface area contributed by atoms with Gasteiger partial charge in [-0.25, -0.2) is 4.98 Å². The summed E-state index contributed by atoms with van der Waals surface area (Å²) in [5.41, 5.74) is 2.12. The fourth-order valence-corrected chi connectivity index (χ4v) is 6.33. The standard InChI is InChI=1S/C33H33Cl2F3N6O3/c1-32(2,3)30(46)39-14-17-5-10-23(34)28(27(17)35)42-31-41-24-12-22(29(45)40-19-8-6-18(7-9-19)33(36,37)38)25(13-26(24)43(31)4)44-15-21-11-20(44)16-47-21/h5-10,12-13,20-21H,11,14-16H2,1-4H3,(H,39,46)(H,40,45)(H,41,42)/t20-,21-/m0/s1. The number of morpholine rings is 1. The van der Waals surface area contributed by atoms with Gasteiger partial charge in [-0.2, -0.15) is 13.2 Å². The van der Waals surface area contributed by atoms with Crippen molar-refractivity contribution in [1.82, 2.24) is 14.9 Å². The molecule has 14 heteroatoms. The number of nitrogens with zero attached hydrogens (tertiary/aromatic N) is 3. The molecule has 2 aliphatic rings. The Morgan fingerprint density at radius 2 is 1.79 bits per heavy atom. The lowest BCUT2D eigenvalue weighted by Crippen LogP contribution is -2.38. The van der Waals surface area contributed by atoms with E-state index in [9.17, 15) is 22.8 Å². The summed E-state index contributed by atoms with van der Waals surface area (Å²) >= 11 is 13.3. The van der Waals surface area contributed by atoms with E-state index in [1.807, 2.05) is 38.5 Å². The fraction of sp³-hybridized carbons (Fsp3) is 0.364. The number of amides is 2. The van der Waals surface area contributed by atoms with Crippen molar-refractivity contribution >= 4 is 69.1 Å². The second-order valence-corrected chi connectivity index (χ2v) is 13.6. The number of carbonyl (C=O) groups excluding carboxylic acids is 2. The molecule has 2 bridgehead atoms. The zero-order chi connectivity index (χ0) is 33.8. The lowest BCUT2D eigenvalue weighted by molar-refractivity contribution is -0.137. The highest BCUT2D eigenvalue weighted by atomic mass is 35.5. The summed E-state index contributed by atoms with van der Waals surface area (Å²) in [7, 11) is 1.82. The van der Waals surface area contributed by atoms with Crippen LogP contribution in [-0.4, -0.2) is 46.7 Å². The van der Waals surface area contributed by atoms with Gasteiger partial charge in [-0.1, -0.05) is 50.0 Å². The average Bonchev–Trinajstić information content (AvgIpc) is 3.72. The predicted octanol–water partition coefficient (Wildman–Crippen LogP) is 7.53. The molecule has 0 aliphatic carbocycles. The molecule has 2 aliphatic heterocycles. The van der Waals surface area contributed by atoms with Crippen molar-refractivity contribution in [3.63, 3.8) is 0 Å². The third-order valence-corrected chi connectivity index (χ3v) is 9.20. The van der Waals surface area contributed by atoms with E-state index in [4.69, 9.17) is 32.9 Å². The molecule has 3 heterocycles. The zero-order valence-electron chi connectivity index (χ0n) is 26.1. The Morgan fingerprint density at radius 3 is 2.40 bits per heavy atom. The molecule has 4 aromatic rings. The maximum absolute atomic E-state index is 13.7. The highest BCUT2D eigenvalue weighted by molar-refractivity contribution is 6.39. The molecule has 9 nitrogen and oxygen atoms in total. The lowest BCUT2D eigenvalue weighted by atomic mass is 9.95. The van der Waals surface area contributed by atoms with Crippen molar-refractivity contribution in [2.45, 2.75) is 52.1 Å². The molecule has 47 heavy (non-hydrogen) atoms. The first-order chi connectivity index (χ1) is 22.1.